The van der Waals surface area contributed by atoms with Gasteiger partial charge in [-0.05, 0) is 13.8 Å². The molecule has 0 saturated carbocycles. The minimum Gasteiger partial charge on any atom is -0.431 e. The van der Waals surface area contributed by atoms with E-state index in [-0.39, 0.29) is 6.10 Å². The molecule has 5 heteroatoms. The first kappa shape index (κ1) is 12.3. The van der Waals surface area contributed by atoms with E-state index >= 15 is 0 Å². The van der Waals surface area contributed by atoms with Crippen molar-refractivity contribution in [2.45, 2.75) is 20.0 Å². The highest BCUT2D eigenvalue weighted by Crippen LogP contribution is 2.05. The summed E-state index contributed by atoms with van der Waals surface area (Å²) in [6.07, 6.45) is -0.686. The van der Waals surface area contributed by atoms with Gasteiger partial charge in [-0.15, -0.1) is 0 Å². The van der Waals surface area contributed by atoms with E-state index in [0.29, 0.717) is 6.73 Å². The molecule has 15 heavy (non-hydrogen) atoms. The largest absolute Gasteiger partial charge is 0.512 e. The van der Waals surface area contributed by atoms with Crippen LogP contribution in [-0.4, -0.2) is 56.7 Å². The third-order valence-electron chi connectivity index (χ3n) is 2.48. The van der Waals surface area contributed by atoms with Crippen LogP contribution < -0.4 is 5.32 Å². The topological polar surface area (TPSA) is 47.6 Å². The molecule has 0 aliphatic carbocycles. The molecule has 5 nitrogen and oxygen atoms in total. The van der Waals surface area contributed by atoms with Gasteiger partial charge in [0, 0.05) is 13.1 Å². The number of carbonyl (C=O) groups is 1. The van der Waals surface area contributed by atoms with E-state index in [0.717, 1.165) is 30.7 Å². The summed E-state index contributed by atoms with van der Waals surface area (Å²) in [7, 11) is 2.09. The van der Waals surface area contributed by atoms with Crippen LogP contribution in [0.5, 0.6) is 0 Å². The van der Waals surface area contributed by atoms with Gasteiger partial charge in [0.15, 0.2) is 0 Å². The Morgan fingerprint density at radius 1 is 1.40 bits per heavy atom. The summed E-state index contributed by atoms with van der Waals surface area (Å²) in [4.78, 5) is 11.2. The lowest BCUT2D eigenvalue weighted by molar-refractivity contribution is -0.927. The summed E-state index contributed by atoms with van der Waals surface area (Å²) in [5.41, 5.74) is 0. The maximum absolute atomic E-state index is 11.2. The van der Waals surface area contributed by atoms with E-state index in [1.165, 1.54) is 0 Å². The molecule has 0 amide bonds. The van der Waals surface area contributed by atoms with Gasteiger partial charge in [-0.25, -0.2) is 4.79 Å². The van der Waals surface area contributed by atoms with Crippen molar-refractivity contribution >= 4 is 6.16 Å². The average Bonchev–Trinajstić information content (AvgIpc) is 2.15. The summed E-state index contributed by atoms with van der Waals surface area (Å²) < 4.78 is 10.7. The number of nitrogens with zero attached hydrogens (tertiary/aromatic N) is 1. The Bertz CT molecular complexity index is 213. The minimum absolute atomic E-state index is 0.120. The molecule has 0 unspecified atom stereocenters. The number of ether oxygens (including phenoxy) is 2. The van der Waals surface area contributed by atoms with Crippen molar-refractivity contribution in [1.82, 2.24) is 5.32 Å². The Kier molecular flexibility index (Phi) is 4.35. The second-order valence-corrected chi connectivity index (χ2v) is 4.51. The first-order chi connectivity index (χ1) is 7.02. The molecule has 0 aromatic heterocycles. The minimum atomic E-state index is -0.567. The molecule has 0 bridgehead atoms. The quantitative estimate of drug-likeness (QED) is 0.554. The summed E-state index contributed by atoms with van der Waals surface area (Å²) in [5, 5.41) is 3.27. The predicted molar refractivity (Wildman–Crippen MR) is 56.4 cm³/mol. The Hall–Kier alpha value is -0.810. The Morgan fingerprint density at radius 2 is 2.00 bits per heavy atom. The molecule has 1 N–H and O–H groups in total. The zero-order valence-corrected chi connectivity index (χ0v) is 9.78. The van der Waals surface area contributed by atoms with Crippen molar-refractivity contribution in [1.29, 1.82) is 0 Å². The molecule has 1 aliphatic rings. The molecule has 0 spiro atoms. The van der Waals surface area contributed by atoms with Crippen LogP contribution in [0.25, 0.3) is 0 Å². The van der Waals surface area contributed by atoms with Crippen molar-refractivity contribution in [3.8, 4) is 0 Å². The maximum atomic E-state index is 11.2. The normalized spacial score (nSPS) is 20.0. The van der Waals surface area contributed by atoms with Gasteiger partial charge in [0.05, 0.1) is 26.2 Å². The fourth-order valence-corrected chi connectivity index (χ4v) is 1.50. The van der Waals surface area contributed by atoms with Crippen LogP contribution in [0.1, 0.15) is 13.8 Å². The van der Waals surface area contributed by atoms with E-state index < -0.39 is 6.16 Å². The lowest BCUT2D eigenvalue weighted by Crippen LogP contribution is -2.57. The number of hydrogen-bond donors (Lipinski definition) is 1. The molecule has 0 aromatic rings. The first-order valence-corrected chi connectivity index (χ1v) is 5.39. The van der Waals surface area contributed by atoms with Crippen molar-refractivity contribution in [2.75, 3.05) is 40.0 Å². The molecule has 1 rings (SSSR count). The molecule has 1 aliphatic heterocycles. The second kappa shape index (κ2) is 5.32. The lowest BCUT2D eigenvalue weighted by atomic mass is 10.3. The zero-order valence-electron chi connectivity index (χ0n) is 9.78. The maximum Gasteiger partial charge on any atom is 0.512 e. The number of carbonyl (C=O) groups excluding carboxylic acids is 1. The van der Waals surface area contributed by atoms with Crippen LogP contribution in [-0.2, 0) is 9.47 Å². The highest BCUT2D eigenvalue weighted by atomic mass is 16.7. The summed E-state index contributed by atoms with van der Waals surface area (Å²) >= 11 is 0. The van der Waals surface area contributed by atoms with Gasteiger partial charge >= 0.3 is 6.16 Å². The van der Waals surface area contributed by atoms with E-state index in [9.17, 15) is 4.79 Å². The fourth-order valence-electron chi connectivity index (χ4n) is 1.50. The highest BCUT2D eigenvalue weighted by molar-refractivity contribution is 5.59. The SMILES string of the molecule is CC(C)OC(=O)OC[N+]1(C)CCNCC1. The first-order valence-electron chi connectivity index (χ1n) is 5.39. The van der Waals surface area contributed by atoms with Crippen molar-refractivity contribution in [3.05, 3.63) is 0 Å². The van der Waals surface area contributed by atoms with Crippen LogP contribution in [0, 0.1) is 0 Å². The van der Waals surface area contributed by atoms with Crippen molar-refractivity contribution in [2.24, 2.45) is 0 Å². The number of hydrogen-bond acceptors (Lipinski definition) is 4. The summed E-state index contributed by atoms with van der Waals surface area (Å²) in [6.45, 7) is 7.92. The molecule has 88 valence electrons. The van der Waals surface area contributed by atoms with Crippen LogP contribution >= 0.6 is 0 Å². The van der Waals surface area contributed by atoms with Gasteiger partial charge in [0.2, 0.25) is 6.73 Å². The van der Waals surface area contributed by atoms with E-state index in [1.54, 1.807) is 0 Å². The molecule has 1 fully saturated rings. The molecular weight excluding hydrogens is 196 g/mol. The standard InChI is InChI=1S/C10H21N2O3/c1-9(2)15-10(13)14-8-12(3)6-4-11-5-7-12/h9,11H,4-8H2,1-3H3/q+1. The fraction of sp³-hybridized carbons (Fsp3) is 0.900. The number of rotatable bonds is 3. The van der Waals surface area contributed by atoms with Crippen LogP contribution in [0.15, 0.2) is 0 Å². The third-order valence-corrected chi connectivity index (χ3v) is 2.48. The van der Waals surface area contributed by atoms with E-state index in [2.05, 4.69) is 12.4 Å². The number of nitrogens with one attached hydrogen (secondary N) is 1. The van der Waals surface area contributed by atoms with Gasteiger partial charge < -0.3 is 14.8 Å². The predicted octanol–water partition coefficient (Wildman–Crippen LogP) is 0.555. The Labute approximate surface area is 90.9 Å². The Morgan fingerprint density at radius 3 is 2.53 bits per heavy atom. The smallest absolute Gasteiger partial charge is 0.431 e. The van der Waals surface area contributed by atoms with Crippen LogP contribution in [0.3, 0.4) is 0 Å². The summed E-state index contributed by atoms with van der Waals surface area (Å²) in [5.74, 6) is 0. The van der Waals surface area contributed by atoms with Gasteiger partial charge in [-0.1, -0.05) is 0 Å². The second-order valence-electron chi connectivity index (χ2n) is 4.51. The highest BCUT2D eigenvalue weighted by Gasteiger charge is 2.26. The number of likely N-dealkylation sites (N-methyl/N-ethyl adjacent to an activating group) is 1. The van der Waals surface area contributed by atoms with Gasteiger partial charge in [-0.2, -0.15) is 0 Å². The van der Waals surface area contributed by atoms with E-state index in [1.807, 2.05) is 13.8 Å². The van der Waals surface area contributed by atoms with Crippen molar-refractivity contribution < 1.29 is 18.8 Å². The molecular formula is C10H21N2O3+. The van der Waals surface area contributed by atoms with Crippen LogP contribution in [0.4, 0.5) is 4.79 Å². The molecule has 1 heterocycles. The number of piperazine rings is 1. The lowest BCUT2D eigenvalue weighted by Gasteiger charge is -2.36. The monoisotopic (exact) mass is 217 g/mol. The van der Waals surface area contributed by atoms with E-state index in [4.69, 9.17) is 9.47 Å². The van der Waals surface area contributed by atoms with Crippen molar-refractivity contribution in [3.63, 3.8) is 0 Å². The molecule has 0 aromatic carbocycles. The Balaban J connectivity index is 2.25. The average molecular weight is 217 g/mol. The molecule has 1 saturated heterocycles. The van der Waals surface area contributed by atoms with Gasteiger partial charge in [-0.3, -0.25) is 4.48 Å². The molecule has 0 atom stereocenters. The zero-order chi connectivity index (χ0) is 11.3. The number of quaternary nitrogens is 1. The van der Waals surface area contributed by atoms with Crippen LogP contribution in [0.2, 0.25) is 0 Å². The molecule has 0 radical (unpaired) electrons. The van der Waals surface area contributed by atoms with Gasteiger partial charge in [0.1, 0.15) is 0 Å². The van der Waals surface area contributed by atoms with Gasteiger partial charge in [0.25, 0.3) is 0 Å². The third kappa shape index (κ3) is 4.48. The summed E-state index contributed by atoms with van der Waals surface area (Å²) in [6, 6.07) is 0.